The fourth-order valence-corrected chi connectivity index (χ4v) is 2.68. The van der Waals surface area contributed by atoms with Gasteiger partial charge in [0.05, 0.1) is 5.69 Å². The molecule has 0 aromatic carbocycles. The van der Waals surface area contributed by atoms with Gasteiger partial charge in [0, 0.05) is 29.9 Å². The summed E-state index contributed by atoms with van der Waals surface area (Å²) in [6.45, 7) is 11.5. The highest BCUT2D eigenvalue weighted by Crippen LogP contribution is 2.33. The molecule has 0 unspecified atom stereocenters. The Morgan fingerprint density at radius 3 is 2.25 bits per heavy atom. The van der Waals surface area contributed by atoms with E-state index in [1.165, 1.54) is 4.88 Å². The summed E-state index contributed by atoms with van der Waals surface area (Å²) in [6, 6.07) is 0.463. The molecule has 0 radical (unpaired) electrons. The van der Waals surface area contributed by atoms with Gasteiger partial charge in [-0.05, 0) is 13.8 Å². The van der Waals surface area contributed by atoms with Crippen molar-refractivity contribution in [2.24, 2.45) is 5.73 Å². The molecule has 0 atom stereocenters. The number of anilines is 1. The van der Waals surface area contributed by atoms with Crippen molar-refractivity contribution in [2.45, 2.75) is 52.6 Å². The molecule has 0 aliphatic rings. The third-order valence-electron chi connectivity index (χ3n) is 2.66. The van der Waals surface area contributed by atoms with Gasteiger partial charge in [0.2, 0.25) is 0 Å². The van der Waals surface area contributed by atoms with Crippen molar-refractivity contribution >= 4 is 16.5 Å². The summed E-state index contributed by atoms with van der Waals surface area (Å²) in [4.78, 5) is 8.14. The molecule has 0 saturated carbocycles. The summed E-state index contributed by atoms with van der Waals surface area (Å²) in [5.74, 6) is 0. The average molecular weight is 241 g/mol. The number of hydrogen-bond acceptors (Lipinski definition) is 4. The largest absolute Gasteiger partial charge is 0.349 e. The molecular weight excluding hydrogens is 218 g/mol. The molecule has 0 aliphatic carbocycles. The highest BCUT2D eigenvalue weighted by atomic mass is 32.1. The number of nitrogens with zero attached hydrogens (tertiary/aromatic N) is 2. The second-order valence-corrected chi connectivity index (χ2v) is 6.49. The van der Waals surface area contributed by atoms with Crippen LogP contribution in [0.2, 0.25) is 0 Å². The van der Waals surface area contributed by atoms with Crippen LogP contribution in [0.15, 0.2) is 0 Å². The molecule has 0 amide bonds. The maximum atomic E-state index is 5.79. The minimum Gasteiger partial charge on any atom is -0.349 e. The Bertz CT molecular complexity index is 350. The number of nitrogens with two attached hydrogens (primary N) is 1. The number of thiazole rings is 1. The zero-order chi connectivity index (χ0) is 12.5. The zero-order valence-corrected chi connectivity index (χ0v) is 12.0. The Hall–Kier alpha value is -0.610. The predicted molar refractivity (Wildman–Crippen MR) is 72.2 cm³/mol. The van der Waals surface area contributed by atoms with Gasteiger partial charge >= 0.3 is 0 Å². The first-order chi connectivity index (χ1) is 7.27. The van der Waals surface area contributed by atoms with Crippen LogP contribution in [0, 0.1) is 0 Å². The third-order valence-corrected chi connectivity index (χ3v) is 3.83. The molecule has 2 N–H and O–H groups in total. The molecule has 1 aromatic heterocycles. The Labute approximate surface area is 103 Å². The van der Waals surface area contributed by atoms with Crippen molar-refractivity contribution < 1.29 is 0 Å². The third kappa shape index (κ3) is 2.74. The molecule has 1 heterocycles. The molecule has 3 nitrogen and oxygen atoms in total. The number of hydrogen-bond donors (Lipinski definition) is 1. The first-order valence-corrected chi connectivity index (χ1v) is 6.52. The van der Waals surface area contributed by atoms with E-state index in [1.54, 1.807) is 11.3 Å². The van der Waals surface area contributed by atoms with Gasteiger partial charge in [0.15, 0.2) is 5.13 Å². The van der Waals surface area contributed by atoms with E-state index < -0.39 is 0 Å². The van der Waals surface area contributed by atoms with Crippen LogP contribution < -0.4 is 10.6 Å². The van der Waals surface area contributed by atoms with E-state index in [0.29, 0.717) is 12.6 Å². The van der Waals surface area contributed by atoms with Gasteiger partial charge in [0.1, 0.15) is 0 Å². The van der Waals surface area contributed by atoms with E-state index in [-0.39, 0.29) is 5.41 Å². The monoisotopic (exact) mass is 241 g/mol. The minimum absolute atomic E-state index is 0.0707. The van der Waals surface area contributed by atoms with Crippen molar-refractivity contribution in [3.05, 3.63) is 10.6 Å². The highest BCUT2D eigenvalue weighted by Gasteiger charge is 2.24. The Morgan fingerprint density at radius 2 is 1.94 bits per heavy atom. The first-order valence-electron chi connectivity index (χ1n) is 5.70. The van der Waals surface area contributed by atoms with E-state index in [0.717, 1.165) is 10.8 Å². The zero-order valence-electron chi connectivity index (χ0n) is 11.2. The standard InChI is InChI=1S/C12H23N3S/c1-8(2)15(6)11-14-10(12(3,4)5)9(7-13)16-11/h8H,7,13H2,1-6H3. The Morgan fingerprint density at radius 1 is 1.38 bits per heavy atom. The van der Waals surface area contributed by atoms with Crippen LogP contribution >= 0.6 is 11.3 Å². The molecule has 0 aliphatic heterocycles. The molecule has 0 saturated heterocycles. The van der Waals surface area contributed by atoms with Crippen molar-refractivity contribution in [3.63, 3.8) is 0 Å². The molecule has 16 heavy (non-hydrogen) atoms. The van der Waals surface area contributed by atoms with E-state index in [4.69, 9.17) is 10.7 Å². The van der Waals surface area contributed by atoms with Crippen molar-refractivity contribution in [2.75, 3.05) is 11.9 Å². The molecule has 0 bridgehead atoms. The fraction of sp³-hybridized carbons (Fsp3) is 0.750. The van der Waals surface area contributed by atoms with Crippen LogP contribution in [0.1, 0.15) is 45.2 Å². The van der Waals surface area contributed by atoms with Gasteiger partial charge in [-0.15, -0.1) is 11.3 Å². The van der Waals surface area contributed by atoms with Crippen molar-refractivity contribution in [1.29, 1.82) is 0 Å². The van der Waals surface area contributed by atoms with E-state index in [2.05, 4.69) is 46.6 Å². The van der Waals surface area contributed by atoms with E-state index in [1.807, 2.05) is 0 Å². The van der Waals surface area contributed by atoms with Gasteiger partial charge in [-0.3, -0.25) is 0 Å². The van der Waals surface area contributed by atoms with Gasteiger partial charge in [-0.2, -0.15) is 0 Å². The minimum atomic E-state index is 0.0707. The Kier molecular flexibility index (Phi) is 3.97. The maximum absolute atomic E-state index is 5.79. The van der Waals surface area contributed by atoms with Gasteiger partial charge in [-0.1, -0.05) is 20.8 Å². The molecule has 4 heteroatoms. The fourth-order valence-electron chi connectivity index (χ4n) is 1.44. The first kappa shape index (κ1) is 13.5. The smallest absolute Gasteiger partial charge is 0.185 e. The maximum Gasteiger partial charge on any atom is 0.185 e. The van der Waals surface area contributed by atoms with Crippen LogP contribution in [0.3, 0.4) is 0 Å². The van der Waals surface area contributed by atoms with Crippen molar-refractivity contribution in [3.8, 4) is 0 Å². The van der Waals surface area contributed by atoms with Gasteiger partial charge in [0.25, 0.3) is 0 Å². The van der Waals surface area contributed by atoms with Gasteiger partial charge < -0.3 is 10.6 Å². The lowest BCUT2D eigenvalue weighted by molar-refractivity contribution is 0.565. The summed E-state index contributed by atoms with van der Waals surface area (Å²) in [5, 5.41) is 1.07. The van der Waals surface area contributed by atoms with Crippen molar-refractivity contribution in [1.82, 2.24) is 4.98 Å². The summed E-state index contributed by atoms with van der Waals surface area (Å²) in [5.41, 5.74) is 7.00. The van der Waals surface area contributed by atoms with Gasteiger partial charge in [-0.25, -0.2) is 4.98 Å². The molecule has 92 valence electrons. The second kappa shape index (κ2) is 4.72. The number of rotatable bonds is 3. The van der Waals surface area contributed by atoms with E-state index >= 15 is 0 Å². The molecule has 0 spiro atoms. The molecule has 0 fully saturated rings. The summed E-state index contributed by atoms with van der Waals surface area (Å²) < 4.78 is 0. The molecule has 1 rings (SSSR count). The predicted octanol–water partition coefficient (Wildman–Crippen LogP) is 2.74. The summed E-state index contributed by atoms with van der Waals surface area (Å²) in [7, 11) is 2.08. The van der Waals surface area contributed by atoms with Crippen LogP contribution in [0.4, 0.5) is 5.13 Å². The topological polar surface area (TPSA) is 42.2 Å². The number of aromatic nitrogens is 1. The second-order valence-electron chi connectivity index (χ2n) is 5.43. The summed E-state index contributed by atoms with van der Waals surface area (Å²) >= 11 is 1.71. The lowest BCUT2D eigenvalue weighted by atomic mass is 9.91. The SMILES string of the molecule is CC(C)N(C)c1nc(C(C)(C)C)c(CN)s1. The molecule has 1 aromatic rings. The van der Waals surface area contributed by atoms with Crippen LogP contribution in [-0.4, -0.2) is 18.1 Å². The summed E-state index contributed by atoms with van der Waals surface area (Å²) in [6.07, 6.45) is 0. The Balaban J connectivity index is 3.13. The van der Waals surface area contributed by atoms with Crippen LogP contribution in [0.25, 0.3) is 0 Å². The van der Waals surface area contributed by atoms with Crippen LogP contribution in [0.5, 0.6) is 0 Å². The van der Waals surface area contributed by atoms with Crippen LogP contribution in [-0.2, 0) is 12.0 Å². The van der Waals surface area contributed by atoms with E-state index in [9.17, 15) is 0 Å². The average Bonchev–Trinajstić information content (AvgIpc) is 2.59. The quantitative estimate of drug-likeness (QED) is 0.885. The highest BCUT2D eigenvalue weighted by molar-refractivity contribution is 7.15. The lowest BCUT2D eigenvalue weighted by Gasteiger charge is -2.20. The lowest BCUT2D eigenvalue weighted by Crippen LogP contribution is -2.25. The normalized spacial score (nSPS) is 12.2. The molecular formula is C12H23N3S.